The largest absolute Gasteiger partial charge is 0.493 e. The van der Waals surface area contributed by atoms with Gasteiger partial charge in [0, 0.05) is 0 Å². The molecule has 3 rings (SSSR count). The highest BCUT2D eigenvalue weighted by Gasteiger charge is 2.13. The van der Waals surface area contributed by atoms with E-state index in [9.17, 15) is 0 Å². The Kier molecular flexibility index (Phi) is 6.93. The normalized spacial score (nSPS) is 16.5. The van der Waals surface area contributed by atoms with Crippen LogP contribution in [-0.2, 0) is 0 Å². The molecular weight excluding hydrogens is 306 g/mol. The molecule has 0 radical (unpaired) electrons. The fraction of sp³-hybridized carbons (Fsp3) is 0.478. The van der Waals surface area contributed by atoms with Crippen LogP contribution in [0.15, 0.2) is 54.6 Å². The third-order valence-corrected chi connectivity index (χ3v) is 5.33. The van der Waals surface area contributed by atoms with E-state index in [0.29, 0.717) is 5.92 Å². The number of ether oxygens (including phenoxy) is 1. The highest BCUT2D eigenvalue weighted by molar-refractivity contribution is 5.63. The van der Waals surface area contributed by atoms with Gasteiger partial charge in [-0.05, 0) is 68.1 Å². The maximum Gasteiger partial charge on any atom is 0.119 e. The van der Waals surface area contributed by atoms with Crippen LogP contribution < -0.4 is 4.74 Å². The summed E-state index contributed by atoms with van der Waals surface area (Å²) < 4.78 is 6.07. The summed E-state index contributed by atoms with van der Waals surface area (Å²) >= 11 is 0. The van der Waals surface area contributed by atoms with Gasteiger partial charge in [-0.25, -0.2) is 0 Å². The van der Waals surface area contributed by atoms with Gasteiger partial charge in [-0.15, -0.1) is 0 Å². The van der Waals surface area contributed by atoms with E-state index in [4.69, 9.17) is 4.74 Å². The Balaban J connectivity index is 1.46. The Hall–Kier alpha value is -1.80. The van der Waals surface area contributed by atoms with Crippen LogP contribution in [0.5, 0.6) is 5.75 Å². The molecular formula is C23H31NO. The quantitative estimate of drug-likeness (QED) is 0.618. The summed E-state index contributed by atoms with van der Waals surface area (Å²) in [5, 5.41) is 0. The summed E-state index contributed by atoms with van der Waals surface area (Å²) in [5.74, 6) is 1.63. The molecule has 2 nitrogen and oxygen atoms in total. The SMILES string of the molecule is CCC(CCN1CCCCC1)COc1ccc(-c2ccccc2)cc1. The van der Waals surface area contributed by atoms with Crippen molar-refractivity contribution >= 4 is 0 Å². The Bertz CT molecular complexity index is 602. The molecule has 1 aliphatic rings. The van der Waals surface area contributed by atoms with Crippen molar-refractivity contribution in [1.82, 2.24) is 4.90 Å². The summed E-state index contributed by atoms with van der Waals surface area (Å²) in [6.07, 6.45) is 6.60. The molecule has 1 atom stereocenters. The third-order valence-electron chi connectivity index (χ3n) is 5.33. The zero-order valence-electron chi connectivity index (χ0n) is 15.5. The molecule has 0 aromatic heterocycles. The minimum absolute atomic E-state index is 0.649. The predicted molar refractivity (Wildman–Crippen MR) is 106 cm³/mol. The van der Waals surface area contributed by atoms with E-state index in [1.54, 1.807) is 0 Å². The maximum absolute atomic E-state index is 6.07. The molecule has 1 saturated heterocycles. The zero-order chi connectivity index (χ0) is 17.3. The first-order valence-corrected chi connectivity index (χ1v) is 9.86. The minimum Gasteiger partial charge on any atom is -0.493 e. The summed E-state index contributed by atoms with van der Waals surface area (Å²) in [5.41, 5.74) is 2.49. The van der Waals surface area contributed by atoms with Crippen LogP contribution >= 0.6 is 0 Å². The molecule has 1 heterocycles. The summed E-state index contributed by atoms with van der Waals surface area (Å²) in [6, 6.07) is 19.0. The molecule has 0 amide bonds. The first-order chi connectivity index (χ1) is 12.3. The Labute approximate surface area is 152 Å². The monoisotopic (exact) mass is 337 g/mol. The predicted octanol–water partition coefficient (Wildman–Crippen LogP) is 5.63. The van der Waals surface area contributed by atoms with Crippen LogP contribution in [0.4, 0.5) is 0 Å². The molecule has 0 saturated carbocycles. The van der Waals surface area contributed by atoms with Gasteiger partial charge in [-0.1, -0.05) is 62.2 Å². The number of hydrogen-bond donors (Lipinski definition) is 0. The van der Waals surface area contributed by atoms with Crippen molar-refractivity contribution in [2.45, 2.75) is 39.0 Å². The van der Waals surface area contributed by atoms with Crippen LogP contribution in [0.3, 0.4) is 0 Å². The smallest absolute Gasteiger partial charge is 0.119 e. The second kappa shape index (κ2) is 9.62. The first-order valence-electron chi connectivity index (χ1n) is 9.86. The highest BCUT2D eigenvalue weighted by Crippen LogP contribution is 2.23. The Morgan fingerprint density at radius 1 is 0.880 bits per heavy atom. The summed E-state index contributed by atoms with van der Waals surface area (Å²) in [6.45, 7) is 6.92. The molecule has 0 N–H and O–H groups in total. The second-order valence-corrected chi connectivity index (χ2v) is 7.17. The van der Waals surface area contributed by atoms with Crippen molar-refractivity contribution in [3.63, 3.8) is 0 Å². The van der Waals surface area contributed by atoms with Gasteiger partial charge in [0.25, 0.3) is 0 Å². The summed E-state index contributed by atoms with van der Waals surface area (Å²) in [4.78, 5) is 2.63. The molecule has 1 fully saturated rings. The average Bonchev–Trinajstić information content (AvgIpc) is 2.70. The lowest BCUT2D eigenvalue weighted by atomic mass is 10.0. The van der Waals surface area contributed by atoms with Crippen LogP contribution in [-0.4, -0.2) is 31.1 Å². The lowest BCUT2D eigenvalue weighted by Gasteiger charge is -2.28. The standard InChI is InChI=1S/C23H31NO/c1-2-20(15-18-24-16-7-4-8-17-24)19-25-23-13-11-22(12-14-23)21-9-5-3-6-10-21/h3,5-6,9-14,20H,2,4,7-8,15-19H2,1H3. The number of piperidine rings is 1. The molecule has 2 aromatic carbocycles. The van der Waals surface area contributed by atoms with Crippen LogP contribution in [0.1, 0.15) is 39.0 Å². The number of rotatable bonds is 8. The number of hydrogen-bond acceptors (Lipinski definition) is 2. The average molecular weight is 338 g/mol. The van der Waals surface area contributed by atoms with Crippen molar-refractivity contribution in [1.29, 1.82) is 0 Å². The maximum atomic E-state index is 6.07. The molecule has 0 bridgehead atoms. The van der Waals surface area contributed by atoms with Crippen molar-refractivity contribution in [3.05, 3.63) is 54.6 Å². The van der Waals surface area contributed by atoms with Crippen LogP contribution in [0, 0.1) is 5.92 Å². The van der Waals surface area contributed by atoms with Crippen molar-refractivity contribution in [2.75, 3.05) is 26.2 Å². The van der Waals surface area contributed by atoms with Crippen LogP contribution in [0.2, 0.25) is 0 Å². The third kappa shape index (κ3) is 5.61. The van der Waals surface area contributed by atoms with E-state index in [1.807, 2.05) is 0 Å². The van der Waals surface area contributed by atoms with Gasteiger partial charge in [0.1, 0.15) is 5.75 Å². The molecule has 1 aliphatic heterocycles. The van der Waals surface area contributed by atoms with E-state index in [2.05, 4.69) is 66.4 Å². The molecule has 2 aromatic rings. The van der Waals surface area contributed by atoms with Gasteiger partial charge in [0.2, 0.25) is 0 Å². The highest BCUT2D eigenvalue weighted by atomic mass is 16.5. The number of benzene rings is 2. The van der Waals surface area contributed by atoms with Gasteiger partial charge >= 0.3 is 0 Å². The van der Waals surface area contributed by atoms with Crippen molar-refractivity contribution < 1.29 is 4.74 Å². The topological polar surface area (TPSA) is 12.5 Å². The van der Waals surface area contributed by atoms with Crippen LogP contribution in [0.25, 0.3) is 11.1 Å². The molecule has 25 heavy (non-hydrogen) atoms. The Morgan fingerprint density at radius 2 is 1.56 bits per heavy atom. The first kappa shape index (κ1) is 18.0. The van der Waals surface area contributed by atoms with E-state index >= 15 is 0 Å². The fourth-order valence-corrected chi connectivity index (χ4v) is 3.54. The van der Waals surface area contributed by atoms with Gasteiger partial charge in [-0.2, -0.15) is 0 Å². The lowest BCUT2D eigenvalue weighted by Crippen LogP contribution is -2.32. The Morgan fingerprint density at radius 3 is 2.24 bits per heavy atom. The summed E-state index contributed by atoms with van der Waals surface area (Å²) in [7, 11) is 0. The van der Waals surface area contributed by atoms with Gasteiger partial charge in [-0.3, -0.25) is 0 Å². The fourth-order valence-electron chi connectivity index (χ4n) is 3.54. The second-order valence-electron chi connectivity index (χ2n) is 7.17. The van der Waals surface area contributed by atoms with Gasteiger partial charge in [0.05, 0.1) is 6.61 Å². The molecule has 0 aliphatic carbocycles. The van der Waals surface area contributed by atoms with Gasteiger partial charge < -0.3 is 9.64 Å². The van der Waals surface area contributed by atoms with E-state index in [1.165, 1.54) is 62.9 Å². The lowest BCUT2D eigenvalue weighted by molar-refractivity contribution is 0.183. The van der Waals surface area contributed by atoms with E-state index in [0.717, 1.165) is 12.4 Å². The van der Waals surface area contributed by atoms with E-state index in [-0.39, 0.29) is 0 Å². The number of nitrogens with zero attached hydrogens (tertiary/aromatic N) is 1. The number of likely N-dealkylation sites (tertiary alicyclic amines) is 1. The zero-order valence-corrected chi connectivity index (χ0v) is 15.5. The molecule has 134 valence electrons. The molecule has 0 spiro atoms. The molecule has 2 heteroatoms. The minimum atomic E-state index is 0.649. The van der Waals surface area contributed by atoms with Gasteiger partial charge in [0.15, 0.2) is 0 Å². The molecule has 1 unspecified atom stereocenters. The van der Waals surface area contributed by atoms with E-state index < -0.39 is 0 Å². The van der Waals surface area contributed by atoms with Crippen molar-refractivity contribution in [3.8, 4) is 16.9 Å². The van der Waals surface area contributed by atoms with Crippen molar-refractivity contribution in [2.24, 2.45) is 5.92 Å².